The van der Waals surface area contributed by atoms with Gasteiger partial charge in [0, 0.05) is 9.85 Å². The maximum Gasteiger partial charge on any atom is 0.339 e. The van der Waals surface area contributed by atoms with Gasteiger partial charge in [-0.3, -0.25) is 0 Å². The summed E-state index contributed by atoms with van der Waals surface area (Å²) in [5, 5.41) is 12.3. The topological polar surface area (TPSA) is 59.4 Å². The van der Waals surface area contributed by atoms with E-state index < -0.39 is 5.97 Å². The van der Waals surface area contributed by atoms with E-state index in [2.05, 4.69) is 27.8 Å². The molecule has 0 spiro atoms. The fourth-order valence-electron chi connectivity index (χ4n) is 1.97. The van der Waals surface area contributed by atoms with E-state index in [1.165, 1.54) is 0 Å². The summed E-state index contributed by atoms with van der Waals surface area (Å²) < 4.78 is 6.43. The van der Waals surface area contributed by atoms with Crippen LogP contribution in [-0.4, -0.2) is 16.1 Å². The van der Waals surface area contributed by atoms with Crippen LogP contribution >= 0.6 is 27.3 Å². The van der Waals surface area contributed by atoms with Gasteiger partial charge in [-0.2, -0.15) is 0 Å². The first kappa shape index (κ1) is 16.0. The lowest BCUT2D eigenvalue weighted by Gasteiger charge is -2.11. The fraction of sp³-hybridized carbons (Fsp3) is 0.333. The average Bonchev–Trinajstić information content (AvgIpc) is 2.85. The maximum absolute atomic E-state index is 11.3. The van der Waals surface area contributed by atoms with Crippen LogP contribution in [0.15, 0.2) is 22.0 Å². The van der Waals surface area contributed by atoms with Gasteiger partial charge in [0.25, 0.3) is 0 Å². The molecule has 6 heteroatoms. The van der Waals surface area contributed by atoms with Crippen LogP contribution in [0, 0.1) is 6.92 Å². The minimum Gasteiger partial charge on any atom is -0.486 e. The van der Waals surface area contributed by atoms with Gasteiger partial charge in [-0.05, 0) is 37.5 Å². The molecule has 21 heavy (non-hydrogen) atoms. The van der Waals surface area contributed by atoms with Gasteiger partial charge < -0.3 is 9.84 Å². The van der Waals surface area contributed by atoms with Gasteiger partial charge in [0.05, 0.1) is 10.7 Å². The van der Waals surface area contributed by atoms with E-state index in [9.17, 15) is 9.90 Å². The van der Waals surface area contributed by atoms with E-state index in [1.54, 1.807) is 17.4 Å². The van der Waals surface area contributed by atoms with Gasteiger partial charge >= 0.3 is 5.97 Å². The summed E-state index contributed by atoms with van der Waals surface area (Å²) in [4.78, 5) is 15.8. The van der Waals surface area contributed by atoms with E-state index in [1.807, 2.05) is 18.4 Å². The predicted octanol–water partition coefficient (Wildman–Crippen LogP) is 4.44. The molecule has 1 N–H and O–H groups in total. The number of carbonyl (C=O) groups is 1. The molecule has 0 aliphatic heterocycles. The minimum absolute atomic E-state index is 0.158. The molecule has 0 atom stereocenters. The molecule has 0 amide bonds. The molecule has 0 saturated heterocycles. The molecule has 0 bridgehead atoms. The van der Waals surface area contributed by atoms with Crippen LogP contribution in [0.3, 0.4) is 0 Å². The molecule has 0 fully saturated rings. The normalized spacial score (nSPS) is 10.6. The highest BCUT2D eigenvalue weighted by Gasteiger charge is 2.16. The number of benzene rings is 1. The highest BCUT2D eigenvalue weighted by atomic mass is 79.9. The second kappa shape index (κ2) is 7.04. The van der Waals surface area contributed by atoms with Crippen molar-refractivity contribution in [2.75, 3.05) is 0 Å². The van der Waals surface area contributed by atoms with Crippen molar-refractivity contribution >= 4 is 33.2 Å². The number of carboxylic acid groups (broad SMARTS) is 1. The zero-order valence-corrected chi connectivity index (χ0v) is 14.3. The first-order valence-electron chi connectivity index (χ1n) is 6.60. The van der Waals surface area contributed by atoms with Gasteiger partial charge in [-0.15, -0.1) is 11.3 Å². The number of halogens is 1. The molecule has 0 saturated carbocycles. The number of aromatic carboxylic acids is 1. The number of nitrogens with zero attached hydrogens (tertiary/aromatic N) is 1. The number of aromatic nitrogens is 1. The molecule has 1 aromatic heterocycles. The van der Waals surface area contributed by atoms with Gasteiger partial charge in [0.1, 0.15) is 17.9 Å². The Bertz CT molecular complexity index is 654. The number of ether oxygens (including phenoxy) is 1. The smallest absolute Gasteiger partial charge is 0.339 e. The summed E-state index contributed by atoms with van der Waals surface area (Å²) in [7, 11) is 0. The number of thiazole rings is 1. The summed E-state index contributed by atoms with van der Waals surface area (Å²) in [6, 6.07) is 3.39. The Morgan fingerprint density at radius 1 is 1.48 bits per heavy atom. The number of rotatable bonds is 6. The van der Waals surface area contributed by atoms with Crippen LogP contribution < -0.4 is 4.74 Å². The number of aryl methyl sites for hydroxylation is 2. The molecule has 0 aliphatic rings. The Morgan fingerprint density at radius 2 is 2.24 bits per heavy atom. The van der Waals surface area contributed by atoms with E-state index in [0.717, 1.165) is 33.6 Å². The van der Waals surface area contributed by atoms with Gasteiger partial charge in [0.2, 0.25) is 0 Å². The Hall–Kier alpha value is -1.40. The Kier molecular flexibility index (Phi) is 5.36. The zero-order chi connectivity index (χ0) is 15.4. The average molecular weight is 370 g/mol. The van der Waals surface area contributed by atoms with Gasteiger partial charge in [0.15, 0.2) is 0 Å². The maximum atomic E-state index is 11.3. The molecule has 1 heterocycles. The van der Waals surface area contributed by atoms with Crippen LogP contribution in [0.25, 0.3) is 0 Å². The number of hydrogen-bond acceptors (Lipinski definition) is 4. The zero-order valence-electron chi connectivity index (χ0n) is 11.9. The molecule has 0 radical (unpaired) electrons. The lowest BCUT2D eigenvalue weighted by Crippen LogP contribution is -2.05. The van der Waals surface area contributed by atoms with E-state index in [-0.39, 0.29) is 12.2 Å². The second-order valence-corrected chi connectivity index (χ2v) is 6.53. The van der Waals surface area contributed by atoms with Gasteiger partial charge in [-0.25, -0.2) is 9.78 Å². The summed E-state index contributed by atoms with van der Waals surface area (Å²) in [5.74, 6) is -0.602. The summed E-state index contributed by atoms with van der Waals surface area (Å²) >= 11 is 4.91. The third-order valence-electron chi connectivity index (χ3n) is 2.90. The highest BCUT2D eigenvalue weighted by Crippen LogP contribution is 2.29. The van der Waals surface area contributed by atoms with E-state index in [4.69, 9.17) is 4.74 Å². The van der Waals surface area contributed by atoms with Crippen molar-refractivity contribution in [1.82, 2.24) is 4.98 Å². The number of hydrogen-bond donors (Lipinski definition) is 1. The lowest BCUT2D eigenvalue weighted by atomic mass is 10.1. The summed E-state index contributed by atoms with van der Waals surface area (Å²) in [5.41, 5.74) is 1.78. The molecule has 112 valence electrons. The SMILES string of the molecule is CCCc1nc(COc2c(C)cc(Br)cc2C(=O)O)cs1. The van der Waals surface area contributed by atoms with Crippen molar-refractivity contribution in [3.05, 3.63) is 43.8 Å². The highest BCUT2D eigenvalue weighted by molar-refractivity contribution is 9.10. The largest absolute Gasteiger partial charge is 0.486 e. The van der Waals surface area contributed by atoms with Crippen LogP contribution in [0.1, 0.15) is 40.0 Å². The van der Waals surface area contributed by atoms with Crippen LogP contribution in [0.4, 0.5) is 0 Å². The molecule has 0 unspecified atom stereocenters. The van der Waals surface area contributed by atoms with Crippen molar-refractivity contribution in [2.24, 2.45) is 0 Å². The minimum atomic E-state index is -1.00. The molecular formula is C15H16BrNO3S. The Balaban J connectivity index is 2.17. The van der Waals surface area contributed by atoms with Crippen LogP contribution in [-0.2, 0) is 13.0 Å². The van der Waals surface area contributed by atoms with E-state index >= 15 is 0 Å². The molecule has 2 rings (SSSR count). The van der Waals surface area contributed by atoms with Crippen molar-refractivity contribution in [3.8, 4) is 5.75 Å². The van der Waals surface area contributed by atoms with Crippen molar-refractivity contribution in [3.63, 3.8) is 0 Å². The summed E-state index contributed by atoms with van der Waals surface area (Å²) in [6.45, 7) is 4.22. The summed E-state index contributed by atoms with van der Waals surface area (Å²) in [6.07, 6.45) is 2.02. The lowest BCUT2D eigenvalue weighted by molar-refractivity contribution is 0.0691. The first-order chi connectivity index (χ1) is 10.0. The molecular weight excluding hydrogens is 354 g/mol. The monoisotopic (exact) mass is 369 g/mol. The molecule has 4 nitrogen and oxygen atoms in total. The number of carboxylic acids is 1. The second-order valence-electron chi connectivity index (χ2n) is 4.68. The van der Waals surface area contributed by atoms with E-state index in [0.29, 0.717) is 5.75 Å². The van der Waals surface area contributed by atoms with Crippen LogP contribution in [0.5, 0.6) is 5.75 Å². The van der Waals surface area contributed by atoms with Crippen molar-refractivity contribution in [2.45, 2.75) is 33.3 Å². The molecule has 0 aliphatic carbocycles. The van der Waals surface area contributed by atoms with Gasteiger partial charge in [-0.1, -0.05) is 22.9 Å². The molecule has 1 aromatic carbocycles. The third kappa shape index (κ3) is 4.04. The van der Waals surface area contributed by atoms with Crippen molar-refractivity contribution < 1.29 is 14.6 Å². The Labute approximate surface area is 135 Å². The molecule has 2 aromatic rings. The standard InChI is InChI=1S/C15H16BrNO3S/c1-3-4-13-17-11(8-21-13)7-20-14-9(2)5-10(16)6-12(14)15(18)19/h5-6,8H,3-4,7H2,1-2H3,(H,18,19). The third-order valence-corrected chi connectivity index (χ3v) is 4.31. The first-order valence-corrected chi connectivity index (χ1v) is 8.28. The van der Waals surface area contributed by atoms with Crippen LogP contribution in [0.2, 0.25) is 0 Å². The van der Waals surface area contributed by atoms with Crippen molar-refractivity contribution in [1.29, 1.82) is 0 Å². The Morgan fingerprint density at radius 3 is 2.90 bits per heavy atom. The fourth-order valence-corrected chi connectivity index (χ4v) is 3.43. The quantitative estimate of drug-likeness (QED) is 0.817. The predicted molar refractivity (Wildman–Crippen MR) is 86.3 cm³/mol.